The molecule has 0 amide bonds. The largest absolute Gasteiger partial charge is 0.292 e. The minimum absolute atomic E-state index is 0.0261. The minimum Gasteiger partial charge on any atom is -0.292 e. The number of hydrogen-bond donors (Lipinski definition) is 0. The first-order valence-corrected chi connectivity index (χ1v) is 9.19. The lowest BCUT2D eigenvalue weighted by molar-refractivity contribution is 0.0963. The van der Waals surface area contributed by atoms with E-state index in [1.807, 2.05) is 30.3 Å². The minimum atomic E-state index is 0.0261. The van der Waals surface area contributed by atoms with Gasteiger partial charge in [0.05, 0.1) is 12.1 Å². The van der Waals surface area contributed by atoms with Crippen LogP contribution in [0.15, 0.2) is 54.6 Å². The number of carbonyl (C=O) groups excluding carboxylic acids is 1. The molecule has 3 atom stereocenters. The van der Waals surface area contributed by atoms with E-state index >= 15 is 0 Å². The van der Waals surface area contributed by atoms with Crippen LogP contribution in [0.5, 0.6) is 0 Å². The van der Waals surface area contributed by atoms with Crippen LogP contribution in [0.2, 0.25) is 0 Å². The lowest BCUT2D eigenvalue weighted by Gasteiger charge is -2.24. The van der Waals surface area contributed by atoms with Crippen molar-refractivity contribution in [2.24, 2.45) is 0 Å². The number of benzene rings is 2. The Balaban J connectivity index is 1.61. The van der Waals surface area contributed by atoms with Crippen molar-refractivity contribution in [3.8, 4) is 0 Å². The van der Waals surface area contributed by atoms with Crippen molar-refractivity contribution in [2.75, 3.05) is 0 Å². The molecule has 0 bridgehead atoms. The van der Waals surface area contributed by atoms with Gasteiger partial charge >= 0.3 is 0 Å². The Morgan fingerprint density at radius 2 is 1.58 bits per heavy atom. The Morgan fingerprint density at radius 3 is 2.25 bits per heavy atom. The summed E-state index contributed by atoms with van der Waals surface area (Å²) in [5.74, 6) is 0.287. The summed E-state index contributed by atoms with van der Waals surface area (Å²) in [6, 6.07) is 19.5. The molecule has 124 valence electrons. The highest BCUT2D eigenvalue weighted by atomic mass is 16.1. The summed E-state index contributed by atoms with van der Waals surface area (Å²) >= 11 is 0. The normalized spacial score (nSPS) is 27.0. The molecule has 2 heteroatoms. The third-order valence-electron chi connectivity index (χ3n) is 5.59. The topological polar surface area (TPSA) is 20.1 Å². The number of rotatable bonds is 4. The standard InChI is InChI=1S/C22H25NO/c1-16-12-14-18(15-13-16)22(24)21-20(17-8-4-2-5-9-17)23(21)19-10-6-3-7-11-19/h2,4-5,8-9,12-15,19-21H,3,6-7,10-11H2,1H3/t20-,21+,23?/m1/s1. The van der Waals surface area contributed by atoms with Crippen molar-refractivity contribution in [2.45, 2.75) is 57.2 Å². The first-order valence-electron chi connectivity index (χ1n) is 9.19. The van der Waals surface area contributed by atoms with Gasteiger partial charge in [-0.1, -0.05) is 79.4 Å². The average molecular weight is 319 g/mol. The number of Topliss-reactive ketones (excluding diaryl/α,β-unsaturated/α-hetero) is 1. The van der Waals surface area contributed by atoms with E-state index in [4.69, 9.17) is 0 Å². The van der Waals surface area contributed by atoms with E-state index in [1.54, 1.807) is 0 Å². The van der Waals surface area contributed by atoms with Crippen LogP contribution in [0.1, 0.15) is 59.6 Å². The van der Waals surface area contributed by atoms with Gasteiger partial charge in [-0.3, -0.25) is 9.69 Å². The Labute approximate surface area is 144 Å². The van der Waals surface area contributed by atoms with Crippen molar-refractivity contribution in [3.05, 3.63) is 71.3 Å². The van der Waals surface area contributed by atoms with E-state index in [1.165, 1.54) is 43.2 Å². The van der Waals surface area contributed by atoms with Crippen LogP contribution in [0, 0.1) is 6.92 Å². The summed E-state index contributed by atoms with van der Waals surface area (Å²) in [4.78, 5) is 15.6. The van der Waals surface area contributed by atoms with Crippen molar-refractivity contribution in [1.29, 1.82) is 0 Å². The lowest BCUT2D eigenvalue weighted by Crippen LogP contribution is -2.26. The summed E-state index contributed by atoms with van der Waals surface area (Å²) < 4.78 is 0. The first-order chi connectivity index (χ1) is 11.8. The Bertz CT molecular complexity index is 701. The Morgan fingerprint density at radius 1 is 0.917 bits per heavy atom. The molecule has 2 aromatic carbocycles. The van der Waals surface area contributed by atoms with Gasteiger partial charge in [-0.2, -0.15) is 0 Å². The van der Waals surface area contributed by atoms with Gasteiger partial charge in [0.25, 0.3) is 0 Å². The van der Waals surface area contributed by atoms with Crippen LogP contribution in [-0.4, -0.2) is 22.8 Å². The molecule has 0 spiro atoms. The first kappa shape index (κ1) is 15.6. The summed E-state index contributed by atoms with van der Waals surface area (Å²) in [6.45, 7) is 2.06. The van der Waals surface area contributed by atoms with Crippen LogP contribution in [0.4, 0.5) is 0 Å². The van der Waals surface area contributed by atoms with Gasteiger partial charge in [0.2, 0.25) is 0 Å². The van der Waals surface area contributed by atoms with Gasteiger partial charge in [0, 0.05) is 11.6 Å². The molecule has 2 aliphatic rings. The highest BCUT2D eigenvalue weighted by Crippen LogP contribution is 2.49. The van der Waals surface area contributed by atoms with Crippen molar-refractivity contribution in [3.63, 3.8) is 0 Å². The summed E-state index contributed by atoms with van der Waals surface area (Å²) in [5, 5.41) is 0. The second-order valence-electron chi connectivity index (χ2n) is 7.27. The molecule has 1 aliphatic carbocycles. The maximum Gasteiger partial charge on any atom is 0.181 e. The molecule has 24 heavy (non-hydrogen) atoms. The molecule has 0 N–H and O–H groups in total. The molecule has 1 saturated heterocycles. The smallest absolute Gasteiger partial charge is 0.181 e. The molecular formula is C22H25NO. The predicted octanol–water partition coefficient (Wildman–Crippen LogP) is 4.94. The molecule has 2 fully saturated rings. The predicted molar refractivity (Wildman–Crippen MR) is 97.2 cm³/mol. The van der Waals surface area contributed by atoms with E-state index in [-0.39, 0.29) is 17.9 Å². The number of nitrogens with zero attached hydrogens (tertiary/aromatic N) is 1. The zero-order valence-electron chi connectivity index (χ0n) is 14.3. The molecule has 1 aliphatic heterocycles. The maximum atomic E-state index is 13.1. The van der Waals surface area contributed by atoms with Gasteiger partial charge < -0.3 is 0 Å². The fourth-order valence-corrected chi connectivity index (χ4v) is 4.25. The van der Waals surface area contributed by atoms with E-state index in [9.17, 15) is 4.79 Å². The van der Waals surface area contributed by atoms with E-state index in [2.05, 4.69) is 36.1 Å². The van der Waals surface area contributed by atoms with Gasteiger partial charge in [0.15, 0.2) is 5.78 Å². The van der Waals surface area contributed by atoms with Crippen LogP contribution >= 0.6 is 0 Å². The van der Waals surface area contributed by atoms with Crippen LogP contribution < -0.4 is 0 Å². The molecule has 0 aromatic heterocycles. The van der Waals surface area contributed by atoms with Crippen molar-refractivity contribution in [1.82, 2.24) is 4.90 Å². The molecule has 0 radical (unpaired) electrons. The summed E-state index contributed by atoms with van der Waals surface area (Å²) in [6.07, 6.45) is 6.42. The maximum absolute atomic E-state index is 13.1. The van der Waals surface area contributed by atoms with E-state index < -0.39 is 0 Å². The number of aryl methyl sites for hydroxylation is 1. The molecule has 2 aromatic rings. The third-order valence-corrected chi connectivity index (χ3v) is 5.59. The average Bonchev–Trinajstić information content (AvgIpc) is 3.39. The molecular weight excluding hydrogens is 294 g/mol. The number of hydrogen-bond acceptors (Lipinski definition) is 2. The van der Waals surface area contributed by atoms with Crippen molar-refractivity contribution < 1.29 is 4.79 Å². The summed E-state index contributed by atoms with van der Waals surface area (Å²) in [5.41, 5.74) is 3.34. The molecule has 1 unspecified atom stereocenters. The summed E-state index contributed by atoms with van der Waals surface area (Å²) in [7, 11) is 0. The quantitative estimate of drug-likeness (QED) is 0.588. The molecule has 4 rings (SSSR count). The van der Waals surface area contributed by atoms with Gasteiger partial charge in [0.1, 0.15) is 0 Å². The third kappa shape index (κ3) is 2.91. The van der Waals surface area contributed by atoms with Crippen LogP contribution in [0.25, 0.3) is 0 Å². The lowest BCUT2D eigenvalue weighted by atomic mass is 9.95. The molecule has 1 saturated carbocycles. The molecule has 1 heterocycles. The van der Waals surface area contributed by atoms with Gasteiger partial charge in [-0.25, -0.2) is 0 Å². The highest BCUT2D eigenvalue weighted by molar-refractivity contribution is 6.02. The monoisotopic (exact) mass is 319 g/mol. The highest BCUT2D eigenvalue weighted by Gasteiger charge is 2.55. The van der Waals surface area contributed by atoms with Crippen molar-refractivity contribution >= 4 is 5.78 Å². The SMILES string of the molecule is Cc1ccc(C(=O)[C@@H]2[C@@H](c3ccccc3)N2C2CCCCC2)cc1. The van der Waals surface area contributed by atoms with Crippen LogP contribution in [-0.2, 0) is 0 Å². The number of ketones is 1. The van der Waals surface area contributed by atoms with E-state index in [0.29, 0.717) is 6.04 Å². The van der Waals surface area contributed by atoms with E-state index in [0.717, 1.165) is 5.56 Å². The molecule has 2 nitrogen and oxygen atoms in total. The second kappa shape index (κ2) is 6.52. The fraction of sp³-hybridized carbons (Fsp3) is 0.409. The second-order valence-corrected chi connectivity index (χ2v) is 7.27. The van der Waals surface area contributed by atoms with Gasteiger partial charge in [-0.15, -0.1) is 0 Å². The van der Waals surface area contributed by atoms with Crippen LogP contribution in [0.3, 0.4) is 0 Å². The Kier molecular flexibility index (Phi) is 4.24. The number of carbonyl (C=O) groups is 1. The van der Waals surface area contributed by atoms with Gasteiger partial charge in [-0.05, 0) is 25.3 Å². The fourth-order valence-electron chi connectivity index (χ4n) is 4.25. The zero-order valence-corrected chi connectivity index (χ0v) is 14.3. The zero-order chi connectivity index (χ0) is 16.5. The Hall–Kier alpha value is -1.93.